The molecule has 0 amide bonds. The molecule has 70 valence electrons. The van der Waals surface area contributed by atoms with Crippen LogP contribution < -0.4 is 4.74 Å². The summed E-state index contributed by atoms with van der Waals surface area (Å²) in [7, 11) is 1.52. The Hall–Kier alpha value is -1.84. The van der Waals surface area contributed by atoms with Crippen molar-refractivity contribution in [3.05, 3.63) is 47.5 Å². The highest BCUT2D eigenvalue weighted by atomic mass is 16.6. The molecule has 1 aromatic carbocycles. The fourth-order valence-electron chi connectivity index (χ4n) is 0.704. The zero-order valence-electron chi connectivity index (χ0n) is 7.40. The van der Waals surface area contributed by atoms with Gasteiger partial charge in [-0.1, -0.05) is 0 Å². The van der Waals surface area contributed by atoms with Gasteiger partial charge in [0.2, 0.25) is 0 Å². The van der Waals surface area contributed by atoms with E-state index in [2.05, 4.69) is 13.2 Å². The highest BCUT2D eigenvalue weighted by Gasteiger charge is 2.02. The standard InChI is InChI=1S/C7H7NO3.C2H4/c1-11-7-4-2-6(3-5-7)8(9)10;1-2/h2-5H,1H3;1-2H2. The summed E-state index contributed by atoms with van der Waals surface area (Å²) in [6.45, 7) is 6.00. The van der Waals surface area contributed by atoms with E-state index in [0.29, 0.717) is 5.75 Å². The van der Waals surface area contributed by atoms with Crippen molar-refractivity contribution in [1.29, 1.82) is 0 Å². The Kier molecular flexibility index (Phi) is 4.95. The van der Waals surface area contributed by atoms with Gasteiger partial charge < -0.3 is 4.74 Å². The molecular formula is C9H11NO3. The van der Waals surface area contributed by atoms with E-state index in [0.717, 1.165) is 0 Å². The molecule has 4 nitrogen and oxygen atoms in total. The molecule has 0 spiro atoms. The van der Waals surface area contributed by atoms with E-state index in [-0.39, 0.29) is 5.69 Å². The summed E-state index contributed by atoms with van der Waals surface area (Å²) in [4.78, 5) is 9.72. The van der Waals surface area contributed by atoms with Gasteiger partial charge in [0.05, 0.1) is 12.0 Å². The van der Waals surface area contributed by atoms with E-state index in [4.69, 9.17) is 4.74 Å². The number of non-ortho nitro benzene ring substituents is 1. The molecule has 1 rings (SSSR count). The number of rotatable bonds is 2. The molecule has 0 unspecified atom stereocenters. The lowest BCUT2D eigenvalue weighted by Crippen LogP contribution is -1.87. The average Bonchev–Trinajstić information content (AvgIpc) is 2.21. The fraction of sp³-hybridized carbons (Fsp3) is 0.111. The molecule has 0 aliphatic carbocycles. The zero-order valence-corrected chi connectivity index (χ0v) is 7.40. The van der Waals surface area contributed by atoms with Gasteiger partial charge in [-0.05, 0) is 12.1 Å². The highest BCUT2D eigenvalue weighted by Crippen LogP contribution is 2.16. The van der Waals surface area contributed by atoms with Gasteiger partial charge in [0.25, 0.3) is 5.69 Å². The molecule has 0 radical (unpaired) electrons. The van der Waals surface area contributed by atoms with Crippen molar-refractivity contribution in [2.24, 2.45) is 0 Å². The number of methoxy groups -OCH3 is 1. The number of hydrogen-bond donors (Lipinski definition) is 0. The second-order valence-electron chi connectivity index (χ2n) is 1.96. The Balaban J connectivity index is 0.000000671. The maximum atomic E-state index is 10.2. The van der Waals surface area contributed by atoms with Crippen LogP contribution in [0.4, 0.5) is 5.69 Å². The number of nitrogens with zero attached hydrogens (tertiary/aromatic N) is 1. The summed E-state index contributed by atoms with van der Waals surface area (Å²) < 4.78 is 4.83. The van der Waals surface area contributed by atoms with Crippen molar-refractivity contribution < 1.29 is 9.66 Å². The number of benzene rings is 1. The lowest BCUT2D eigenvalue weighted by molar-refractivity contribution is -0.384. The Morgan fingerprint density at radius 2 is 1.77 bits per heavy atom. The fourth-order valence-corrected chi connectivity index (χ4v) is 0.704. The van der Waals surface area contributed by atoms with Crippen LogP contribution in [0.3, 0.4) is 0 Å². The molecule has 4 heteroatoms. The SMILES string of the molecule is C=C.COc1ccc([N+](=O)[O-])cc1. The van der Waals surface area contributed by atoms with Crippen LogP contribution in [0.5, 0.6) is 5.75 Å². The Bertz CT molecular complexity index is 269. The zero-order chi connectivity index (χ0) is 10.3. The summed E-state index contributed by atoms with van der Waals surface area (Å²) in [5.41, 5.74) is 0.0748. The number of nitro benzene ring substituents is 1. The van der Waals surface area contributed by atoms with E-state index in [1.165, 1.54) is 19.2 Å². The van der Waals surface area contributed by atoms with Crippen molar-refractivity contribution in [3.8, 4) is 5.75 Å². The lowest BCUT2D eigenvalue weighted by Gasteiger charge is -1.96. The van der Waals surface area contributed by atoms with Crippen molar-refractivity contribution >= 4 is 5.69 Å². The van der Waals surface area contributed by atoms with Crippen LogP contribution in [-0.2, 0) is 0 Å². The first kappa shape index (κ1) is 11.2. The van der Waals surface area contributed by atoms with E-state index < -0.39 is 4.92 Å². The van der Waals surface area contributed by atoms with Gasteiger partial charge in [0.1, 0.15) is 5.75 Å². The predicted molar refractivity (Wildman–Crippen MR) is 50.9 cm³/mol. The van der Waals surface area contributed by atoms with Crippen LogP contribution in [0.15, 0.2) is 37.4 Å². The predicted octanol–water partition coefficient (Wildman–Crippen LogP) is 2.41. The molecule has 0 fully saturated rings. The maximum absolute atomic E-state index is 10.2. The van der Waals surface area contributed by atoms with Crippen LogP contribution in [-0.4, -0.2) is 12.0 Å². The highest BCUT2D eigenvalue weighted by molar-refractivity contribution is 5.35. The second kappa shape index (κ2) is 5.77. The third-order valence-corrected chi connectivity index (χ3v) is 1.28. The van der Waals surface area contributed by atoms with E-state index in [9.17, 15) is 10.1 Å². The van der Waals surface area contributed by atoms with Crippen LogP contribution in [0.1, 0.15) is 0 Å². The minimum Gasteiger partial charge on any atom is -0.497 e. The van der Waals surface area contributed by atoms with E-state index in [1.54, 1.807) is 12.1 Å². The summed E-state index contributed by atoms with van der Waals surface area (Å²) in [5, 5.41) is 10.2. The van der Waals surface area contributed by atoms with Crippen molar-refractivity contribution in [2.75, 3.05) is 7.11 Å². The van der Waals surface area contributed by atoms with Gasteiger partial charge in [-0.25, -0.2) is 0 Å². The largest absolute Gasteiger partial charge is 0.497 e. The summed E-state index contributed by atoms with van der Waals surface area (Å²) >= 11 is 0. The normalized spacial score (nSPS) is 8.08. The van der Waals surface area contributed by atoms with Gasteiger partial charge in [-0.3, -0.25) is 10.1 Å². The number of hydrogen-bond acceptors (Lipinski definition) is 3. The first-order valence-corrected chi connectivity index (χ1v) is 3.52. The first-order valence-electron chi connectivity index (χ1n) is 3.52. The topological polar surface area (TPSA) is 52.4 Å². The second-order valence-corrected chi connectivity index (χ2v) is 1.96. The molecular weight excluding hydrogens is 170 g/mol. The third-order valence-electron chi connectivity index (χ3n) is 1.28. The molecule has 0 heterocycles. The molecule has 0 aliphatic rings. The Morgan fingerprint density at radius 3 is 2.08 bits per heavy atom. The van der Waals surface area contributed by atoms with Crippen LogP contribution >= 0.6 is 0 Å². The average molecular weight is 181 g/mol. The molecule has 0 atom stereocenters. The van der Waals surface area contributed by atoms with Gasteiger partial charge in [-0.2, -0.15) is 0 Å². The van der Waals surface area contributed by atoms with Gasteiger partial charge in [-0.15, -0.1) is 13.2 Å². The molecule has 0 N–H and O–H groups in total. The maximum Gasteiger partial charge on any atom is 0.269 e. The lowest BCUT2D eigenvalue weighted by atomic mass is 10.3. The summed E-state index contributed by atoms with van der Waals surface area (Å²) in [5.74, 6) is 0.621. The number of ether oxygens (including phenoxy) is 1. The molecule has 0 saturated heterocycles. The molecule has 1 aromatic rings. The monoisotopic (exact) mass is 181 g/mol. The van der Waals surface area contributed by atoms with Gasteiger partial charge in [0.15, 0.2) is 0 Å². The molecule has 13 heavy (non-hydrogen) atoms. The first-order chi connectivity index (χ1) is 6.24. The van der Waals surface area contributed by atoms with Crippen molar-refractivity contribution in [2.45, 2.75) is 0 Å². The minimum atomic E-state index is -0.445. The molecule has 0 saturated carbocycles. The number of nitro groups is 1. The molecule has 0 bridgehead atoms. The summed E-state index contributed by atoms with van der Waals surface area (Å²) in [6, 6.07) is 5.91. The molecule has 0 aromatic heterocycles. The van der Waals surface area contributed by atoms with Crippen LogP contribution in [0.2, 0.25) is 0 Å². The van der Waals surface area contributed by atoms with E-state index >= 15 is 0 Å². The summed E-state index contributed by atoms with van der Waals surface area (Å²) in [6.07, 6.45) is 0. The third kappa shape index (κ3) is 3.37. The van der Waals surface area contributed by atoms with Gasteiger partial charge in [0, 0.05) is 12.1 Å². The Morgan fingerprint density at radius 1 is 1.31 bits per heavy atom. The van der Waals surface area contributed by atoms with E-state index in [1.807, 2.05) is 0 Å². The quantitative estimate of drug-likeness (QED) is 0.400. The molecule has 0 aliphatic heterocycles. The van der Waals surface area contributed by atoms with Crippen LogP contribution in [0.25, 0.3) is 0 Å². The Labute approximate surface area is 76.6 Å². The minimum absolute atomic E-state index is 0.0748. The van der Waals surface area contributed by atoms with Crippen molar-refractivity contribution in [1.82, 2.24) is 0 Å². The smallest absolute Gasteiger partial charge is 0.269 e. The van der Waals surface area contributed by atoms with Crippen LogP contribution in [0, 0.1) is 10.1 Å². The van der Waals surface area contributed by atoms with Gasteiger partial charge >= 0.3 is 0 Å². The van der Waals surface area contributed by atoms with Crippen molar-refractivity contribution in [3.63, 3.8) is 0 Å².